The van der Waals surface area contributed by atoms with Gasteiger partial charge in [0.1, 0.15) is 5.82 Å². The van der Waals surface area contributed by atoms with Gasteiger partial charge >= 0.3 is 0 Å². The molecule has 0 saturated heterocycles. The van der Waals surface area contributed by atoms with E-state index in [1.807, 2.05) is 13.8 Å². The second kappa shape index (κ2) is 4.89. The van der Waals surface area contributed by atoms with Crippen LogP contribution < -0.4 is 0 Å². The summed E-state index contributed by atoms with van der Waals surface area (Å²) in [4.78, 5) is 8.89. The molecule has 18 heavy (non-hydrogen) atoms. The minimum Gasteiger partial charge on any atom is -0.239 e. The summed E-state index contributed by atoms with van der Waals surface area (Å²) in [5.74, 6) is 1.37. The smallest absolute Gasteiger partial charge is 0.126 e. The fourth-order valence-corrected chi connectivity index (χ4v) is 2.13. The lowest BCUT2D eigenvalue weighted by Gasteiger charge is -2.11. The van der Waals surface area contributed by atoms with Gasteiger partial charge in [-0.3, -0.25) is 0 Å². The third kappa shape index (κ3) is 2.58. The zero-order chi connectivity index (χ0) is 13.3. The molecule has 1 aromatic heterocycles. The van der Waals surface area contributed by atoms with Crippen molar-refractivity contribution >= 4 is 0 Å². The summed E-state index contributed by atoms with van der Waals surface area (Å²) in [5.41, 5.74) is 5.88. The standard InChI is InChI=1S/C16H20N2/c1-10(2)14-7-6-11(3)15(9-14)16-8-12(4)17-13(5)18-16/h6-10H,1-5H3. The van der Waals surface area contributed by atoms with Crippen molar-refractivity contribution in [1.29, 1.82) is 0 Å². The van der Waals surface area contributed by atoms with Crippen LogP contribution in [-0.4, -0.2) is 9.97 Å². The molecule has 0 radical (unpaired) electrons. The highest BCUT2D eigenvalue weighted by Gasteiger charge is 2.08. The van der Waals surface area contributed by atoms with E-state index < -0.39 is 0 Å². The average Bonchev–Trinajstić information content (AvgIpc) is 2.27. The lowest BCUT2D eigenvalue weighted by atomic mass is 9.96. The fraction of sp³-hybridized carbons (Fsp3) is 0.375. The van der Waals surface area contributed by atoms with Gasteiger partial charge in [-0.05, 0) is 49.9 Å². The molecule has 1 heterocycles. The zero-order valence-corrected chi connectivity index (χ0v) is 11.8. The highest BCUT2D eigenvalue weighted by molar-refractivity contribution is 5.64. The van der Waals surface area contributed by atoms with Crippen LogP contribution in [0, 0.1) is 20.8 Å². The second-order valence-electron chi connectivity index (χ2n) is 5.17. The first-order valence-corrected chi connectivity index (χ1v) is 6.40. The van der Waals surface area contributed by atoms with Crippen molar-refractivity contribution in [2.24, 2.45) is 0 Å². The summed E-state index contributed by atoms with van der Waals surface area (Å²) in [7, 11) is 0. The number of hydrogen-bond acceptors (Lipinski definition) is 2. The molecule has 0 N–H and O–H groups in total. The van der Waals surface area contributed by atoms with Crippen LogP contribution in [0.3, 0.4) is 0 Å². The molecule has 0 atom stereocenters. The molecule has 0 aliphatic rings. The predicted molar refractivity (Wildman–Crippen MR) is 75.8 cm³/mol. The van der Waals surface area contributed by atoms with Gasteiger partial charge in [0.2, 0.25) is 0 Å². The van der Waals surface area contributed by atoms with E-state index >= 15 is 0 Å². The fourth-order valence-electron chi connectivity index (χ4n) is 2.13. The van der Waals surface area contributed by atoms with E-state index in [0.717, 1.165) is 17.2 Å². The molecule has 0 bridgehead atoms. The third-order valence-electron chi connectivity index (χ3n) is 3.17. The molecule has 0 unspecified atom stereocenters. The number of benzene rings is 1. The molecule has 0 aliphatic carbocycles. The summed E-state index contributed by atoms with van der Waals surface area (Å²) >= 11 is 0. The molecule has 0 amide bonds. The topological polar surface area (TPSA) is 25.8 Å². The van der Waals surface area contributed by atoms with Crippen molar-refractivity contribution in [2.45, 2.75) is 40.5 Å². The SMILES string of the molecule is Cc1cc(-c2cc(C(C)C)ccc2C)nc(C)n1. The highest BCUT2D eigenvalue weighted by atomic mass is 14.9. The van der Waals surface area contributed by atoms with Gasteiger partial charge in [-0.25, -0.2) is 9.97 Å². The van der Waals surface area contributed by atoms with Crippen molar-refractivity contribution in [3.63, 3.8) is 0 Å². The third-order valence-corrected chi connectivity index (χ3v) is 3.17. The van der Waals surface area contributed by atoms with Gasteiger partial charge in [-0.1, -0.05) is 26.0 Å². The zero-order valence-electron chi connectivity index (χ0n) is 11.8. The Morgan fingerprint density at radius 1 is 0.944 bits per heavy atom. The molecular weight excluding hydrogens is 220 g/mol. The van der Waals surface area contributed by atoms with Crippen molar-refractivity contribution < 1.29 is 0 Å². The van der Waals surface area contributed by atoms with Crippen LogP contribution in [0.25, 0.3) is 11.3 Å². The molecule has 94 valence electrons. The number of rotatable bonds is 2. The molecular formula is C16H20N2. The van der Waals surface area contributed by atoms with Crippen molar-refractivity contribution in [3.05, 3.63) is 46.9 Å². The lowest BCUT2D eigenvalue weighted by molar-refractivity contribution is 0.866. The summed E-state index contributed by atoms with van der Waals surface area (Å²) in [5, 5.41) is 0. The van der Waals surface area contributed by atoms with Crippen LogP contribution in [0.2, 0.25) is 0 Å². The molecule has 2 nitrogen and oxygen atoms in total. The van der Waals surface area contributed by atoms with E-state index in [0.29, 0.717) is 5.92 Å². The minimum absolute atomic E-state index is 0.536. The Labute approximate surface area is 109 Å². The van der Waals surface area contributed by atoms with Crippen LogP contribution in [0.5, 0.6) is 0 Å². The van der Waals surface area contributed by atoms with E-state index in [-0.39, 0.29) is 0 Å². The highest BCUT2D eigenvalue weighted by Crippen LogP contribution is 2.26. The lowest BCUT2D eigenvalue weighted by Crippen LogP contribution is -1.97. The predicted octanol–water partition coefficient (Wildman–Crippen LogP) is 4.19. The molecule has 2 aromatic rings. The number of hydrogen-bond donors (Lipinski definition) is 0. The maximum Gasteiger partial charge on any atom is 0.126 e. The molecule has 2 rings (SSSR count). The van der Waals surface area contributed by atoms with Crippen LogP contribution in [0.4, 0.5) is 0 Å². The van der Waals surface area contributed by atoms with Gasteiger partial charge in [0.15, 0.2) is 0 Å². The van der Waals surface area contributed by atoms with Crippen LogP contribution in [0.1, 0.15) is 42.4 Å². The van der Waals surface area contributed by atoms with Gasteiger partial charge in [-0.2, -0.15) is 0 Å². The Bertz CT molecular complexity index is 551. The Morgan fingerprint density at radius 3 is 2.28 bits per heavy atom. The number of nitrogens with zero attached hydrogens (tertiary/aromatic N) is 2. The summed E-state index contributed by atoms with van der Waals surface area (Å²) < 4.78 is 0. The monoisotopic (exact) mass is 240 g/mol. The quantitative estimate of drug-likeness (QED) is 0.786. The molecule has 0 spiro atoms. The van der Waals surface area contributed by atoms with Crippen molar-refractivity contribution in [2.75, 3.05) is 0 Å². The van der Waals surface area contributed by atoms with Crippen molar-refractivity contribution in [3.8, 4) is 11.3 Å². The average molecular weight is 240 g/mol. The normalized spacial score (nSPS) is 11.0. The van der Waals surface area contributed by atoms with E-state index in [2.05, 4.69) is 55.0 Å². The number of aryl methyl sites for hydroxylation is 3. The largest absolute Gasteiger partial charge is 0.239 e. The maximum atomic E-state index is 4.55. The minimum atomic E-state index is 0.536. The first-order valence-electron chi connectivity index (χ1n) is 6.40. The van der Waals surface area contributed by atoms with E-state index in [4.69, 9.17) is 0 Å². The Hall–Kier alpha value is -1.70. The molecule has 0 saturated carbocycles. The van der Waals surface area contributed by atoms with E-state index in [1.165, 1.54) is 16.7 Å². The van der Waals surface area contributed by atoms with Gasteiger partial charge in [0.05, 0.1) is 5.69 Å². The first kappa shape index (κ1) is 12.7. The van der Waals surface area contributed by atoms with E-state index in [9.17, 15) is 0 Å². The van der Waals surface area contributed by atoms with Crippen LogP contribution in [-0.2, 0) is 0 Å². The Morgan fingerprint density at radius 2 is 1.67 bits per heavy atom. The molecule has 2 heteroatoms. The van der Waals surface area contributed by atoms with Gasteiger partial charge < -0.3 is 0 Å². The van der Waals surface area contributed by atoms with Gasteiger partial charge in [-0.15, -0.1) is 0 Å². The van der Waals surface area contributed by atoms with Crippen molar-refractivity contribution in [1.82, 2.24) is 9.97 Å². The second-order valence-corrected chi connectivity index (χ2v) is 5.17. The maximum absolute atomic E-state index is 4.55. The summed E-state index contributed by atoms with van der Waals surface area (Å²) in [6.45, 7) is 10.5. The summed E-state index contributed by atoms with van der Waals surface area (Å²) in [6, 6.07) is 8.68. The van der Waals surface area contributed by atoms with Crippen LogP contribution >= 0.6 is 0 Å². The van der Waals surface area contributed by atoms with E-state index in [1.54, 1.807) is 0 Å². The Kier molecular flexibility index (Phi) is 3.46. The number of aromatic nitrogens is 2. The van der Waals surface area contributed by atoms with Gasteiger partial charge in [0, 0.05) is 11.3 Å². The Balaban J connectivity index is 2.58. The van der Waals surface area contributed by atoms with Gasteiger partial charge in [0.25, 0.3) is 0 Å². The van der Waals surface area contributed by atoms with Crippen LogP contribution in [0.15, 0.2) is 24.3 Å². The molecule has 0 aliphatic heterocycles. The first-order chi connectivity index (χ1) is 8.47. The summed E-state index contributed by atoms with van der Waals surface area (Å²) in [6.07, 6.45) is 0. The molecule has 0 fully saturated rings. The molecule has 1 aromatic carbocycles.